The van der Waals surface area contributed by atoms with Gasteiger partial charge in [-0.3, -0.25) is 9.59 Å². The van der Waals surface area contributed by atoms with Crippen LogP contribution in [0, 0.1) is 11.8 Å². The second-order valence-corrected chi connectivity index (χ2v) is 23.3. The Kier molecular flexibility index (Phi) is 18.6. The predicted octanol–water partition coefficient (Wildman–Crippen LogP) is 11.9. The molecule has 1 unspecified atom stereocenters. The molecule has 0 saturated carbocycles. The molecule has 1 atom stereocenters. The number of esters is 2. The third kappa shape index (κ3) is 17.2. The Morgan fingerprint density at radius 1 is 0.717 bits per heavy atom. The number of carbonyl (C=O) groups is 2. The van der Waals surface area contributed by atoms with E-state index in [4.69, 9.17) is 18.9 Å². The van der Waals surface area contributed by atoms with Crippen molar-refractivity contribution in [3.05, 3.63) is 28.8 Å². The second-order valence-electron chi connectivity index (χ2n) is 23.3. The second kappa shape index (κ2) is 21.5. The van der Waals surface area contributed by atoms with E-state index in [1.54, 1.807) is 0 Å². The van der Waals surface area contributed by atoms with Crippen LogP contribution in [0.25, 0.3) is 0 Å². The number of hydrogen-bond acceptors (Lipinski definition) is 9. The quantitative estimate of drug-likeness (QED) is 0.117. The lowest BCUT2D eigenvalue weighted by atomic mass is 9.78. The molecule has 346 valence electrons. The summed E-state index contributed by atoms with van der Waals surface area (Å²) >= 11 is 0. The highest BCUT2D eigenvalue weighted by molar-refractivity contribution is 5.72. The van der Waals surface area contributed by atoms with Gasteiger partial charge in [0.25, 0.3) is 0 Å². The van der Waals surface area contributed by atoms with Crippen LogP contribution in [-0.4, -0.2) is 64.6 Å². The highest BCUT2D eigenvalue weighted by atomic mass is 16.7. The van der Waals surface area contributed by atoms with Gasteiger partial charge >= 0.3 is 11.9 Å². The zero-order chi connectivity index (χ0) is 45.3. The molecule has 1 aromatic carbocycles. The number of phenols is 1. The van der Waals surface area contributed by atoms with E-state index in [1.165, 1.54) is 0 Å². The number of nitrogens with one attached hydrogen (secondary N) is 2. The highest BCUT2D eigenvalue weighted by Crippen LogP contribution is 2.42. The molecule has 3 aliphatic heterocycles. The Bertz CT molecular complexity index is 1440. The van der Waals surface area contributed by atoms with Gasteiger partial charge in [0.15, 0.2) is 6.29 Å². The molecule has 0 radical (unpaired) electrons. The van der Waals surface area contributed by atoms with Gasteiger partial charge in [-0.05, 0) is 115 Å². The van der Waals surface area contributed by atoms with E-state index in [-0.39, 0.29) is 69.3 Å². The monoisotopic (exact) mass is 843 g/mol. The highest BCUT2D eigenvalue weighted by Gasteiger charge is 2.41. The van der Waals surface area contributed by atoms with Crippen LogP contribution in [0.15, 0.2) is 12.1 Å². The van der Waals surface area contributed by atoms with E-state index in [1.807, 2.05) is 0 Å². The zero-order valence-electron chi connectivity index (χ0n) is 41.3. The van der Waals surface area contributed by atoms with Gasteiger partial charge in [0.2, 0.25) is 0 Å². The third-order valence-electron chi connectivity index (χ3n) is 12.3. The summed E-state index contributed by atoms with van der Waals surface area (Å²) in [5.74, 6) is 0.792. The molecule has 60 heavy (non-hydrogen) atoms. The topological polar surface area (TPSA) is 115 Å². The number of phenolic OH excluding ortho intramolecular Hbond substituents is 1. The fraction of sp³-hybridized carbons (Fsp3) is 0.843. The van der Waals surface area contributed by atoms with E-state index in [9.17, 15) is 14.7 Å². The summed E-state index contributed by atoms with van der Waals surface area (Å²) in [7, 11) is 0. The summed E-state index contributed by atoms with van der Waals surface area (Å²) in [6.07, 6.45) is 12.7. The van der Waals surface area contributed by atoms with Crippen molar-refractivity contribution in [1.29, 1.82) is 0 Å². The SMILES string of the molecule is CCC(CCCCCCCC(=O)OC1CC(C)(C)NC(C)(C)C1)C(=O)OC1CC(C)(C)NC(C)(C)C1.CCCC1COC(c2cc(C(C)(C)C)c(O)c(C(C)(C)C)c2)OC1. The molecule has 0 spiro atoms. The van der Waals surface area contributed by atoms with Crippen LogP contribution in [0.2, 0.25) is 0 Å². The summed E-state index contributed by atoms with van der Waals surface area (Å²) in [6, 6.07) is 4.10. The first-order chi connectivity index (χ1) is 27.6. The van der Waals surface area contributed by atoms with E-state index in [2.05, 4.69) is 134 Å². The van der Waals surface area contributed by atoms with Crippen LogP contribution in [0.5, 0.6) is 5.75 Å². The number of benzene rings is 1. The number of ether oxygens (including phenoxy) is 4. The predicted molar refractivity (Wildman–Crippen MR) is 245 cm³/mol. The number of aromatic hydroxyl groups is 1. The Morgan fingerprint density at radius 3 is 1.58 bits per heavy atom. The molecule has 3 N–H and O–H groups in total. The summed E-state index contributed by atoms with van der Waals surface area (Å²) in [4.78, 5) is 25.2. The van der Waals surface area contributed by atoms with E-state index < -0.39 is 0 Å². The molecule has 0 bridgehead atoms. The Morgan fingerprint density at radius 2 is 1.15 bits per heavy atom. The first-order valence-corrected chi connectivity index (χ1v) is 23.6. The van der Waals surface area contributed by atoms with Crippen LogP contribution in [-0.2, 0) is 39.4 Å². The maximum absolute atomic E-state index is 12.9. The number of hydrogen-bond donors (Lipinski definition) is 3. The molecule has 3 fully saturated rings. The fourth-order valence-corrected chi connectivity index (χ4v) is 10.1. The number of carbonyl (C=O) groups excluding carboxylic acids is 2. The maximum atomic E-state index is 12.9. The summed E-state index contributed by atoms with van der Waals surface area (Å²) in [5.41, 5.74) is 2.55. The number of piperidine rings is 2. The van der Waals surface area contributed by atoms with Gasteiger partial charge in [0.1, 0.15) is 18.0 Å². The number of unbranched alkanes of at least 4 members (excludes halogenated alkanes) is 4. The van der Waals surface area contributed by atoms with Gasteiger partial charge in [0.05, 0.1) is 19.1 Å². The minimum Gasteiger partial charge on any atom is -0.507 e. The van der Waals surface area contributed by atoms with Gasteiger partial charge in [-0.2, -0.15) is 0 Å². The van der Waals surface area contributed by atoms with Gasteiger partial charge in [-0.1, -0.05) is 87.5 Å². The van der Waals surface area contributed by atoms with E-state index >= 15 is 0 Å². The molecule has 0 aromatic heterocycles. The van der Waals surface area contributed by atoms with Crippen LogP contribution < -0.4 is 10.6 Å². The minimum absolute atomic E-state index is 0.00324. The zero-order valence-corrected chi connectivity index (χ0v) is 41.3. The lowest BCUT2D eigenvalue weighted by Crippen LogP contribution is -2.59. The lowest BCUT2D eigenvalue weighted by molar-refractivity contribution is -0.206. The lowest BCUT2D eigenvalue weighted by Gasteiger charge is -2.46. The first kappa shape index (κ1) is 52.1. The normalized spacial score (nSPS) is 23.5. The van der Waals surface area contributed by atoms with E-state index in [0.717, 1.165) is 113 Å². The van der Waals surface area contributed by atoms with Gasteiger partial charge in [0, 0.05) is 65.7 Å². The van der Waals surface area contributed by atoms with Crippen LogP contribution in [0.4, 0.5) is 0 Å². The molecular weight excluding hydrogens is 753 g/mol. The van der Waals surface area contributed by atoms with Crippen molar-refractivity contribution in [2.24, 2.45) is 11.8 Å². The molecule has 4 rings (SSSR count). The number of rotatable bonds is 15. The maximum Gasteiger partial charge on any atom is 0.309 e. The fourth-order valence-electron chi connectivity index (χ4n) is 10.1. The van der Waals surface area contributed by atoms with Crippen LogP contribution in [0.1, 0.15) is 224 Å². The molecule has 3 saturated heterocycles. The summed E-state index contributed by atoms with van der Waals surface area (Å²) in [6.45, 7) is 35.9. The van der Waals surface area contributed by atoms with Crippen molar-refractivity contribution in [1.82, 2.24) is 10.6 Å². The largest absolute Gasteiger partial charge is 0.507 e. The van der Waals surface area contributed by atoms with Crippen LogP contribution >= 0.6 is 0 Å². The van der Waals surface area contributed by atoms with Crippen molar-refractivity contribution >= 4 is 11.9 Å². The first-order valence-electron chi connectivity index (χ1n) is 23.6. The summed E-state index contributed by atoms with van der Waals surface area (Å²) in [5, 5.41) is 18.1. The molecule has 0 aliphatic carbocycles. The van der Waals surface area contributed by atoms with Gasteiger partial charge in [-0.15, -0.1) is 0 Å². The summed E-state index contributed by atoms with van der Waals surface area (Å²) < 4.78 is 23.8. The molecule has 1 aromatic rings. The minimum atomic E-state index is -0.332. The van der Waals surface area contributed by atoms with Crippen molar-refractivity contribution in [3.8, 4) is 5.75 Å². The average molecular weight is 843 g/mol. The van der Waals surface area contributed by atoms with Crippen molar-refractivity contribution in [2.75, 3.05) is 13.2 Å². The van der Waals surface area contributed by atoms with Crippen molar-refractivity contribution in [2.45, 2.75) is 252 Å². The average Bonchev–Trinajstić information content (AvgIpc) is 3.06. The third-order valence-corrected chi connectivity index (χ3v) is 12.3. The molecule has 3 aliphatic rings. The standard InChI is InChI=1S/C30H56N2O4.C21H34O3/c1-10-22(26(34)36-24-20-29(6,7)32-30(8,9)21-24)16-14-12-11-13-15-17-25(33)35-23-18-27(2,3)31-28(4,5)19-23;1-8-9-14-12-23-19(24-13-14)15-10-16(20(2,3)4)18(22)17(11-15)21(5,6)7/h22-24,31-32H,10-21H2,1-9H3;10-11,14,19,22H,8-9,12-13H2,1-7H3. The van der Waals surface area contributed by atoms with Gasteiger partial charge in [-0.25, -0.2) is 0 Å². The van der Waals surface area contributed by atoms with Crippen LogP contribution in [0.3, 0.4) is 0 Å². The van der Waals surface area contributed by atoms with Crippen molar-refractivity contribution < 1.29 is 33.6 Å². The molecule has 0 amide bonds. The Hall–Kier alpha value is -2.20. The molecular formula is C51H90N2O7. The molecule has 3 heterocycles. The smallest absolute Gasteiger partial charge is 0.309 e. The van der Waals surface area contributed by atoms with Crippen molar-refractivity contribution in [3.63, 3.8) is 0 Å². The Labute approximate surface area is 367 Å². The van der Waals surface area contributed by atoms with Gasteiger partial charge < -0.3 is 34.7 Å². The molecule has 9 heteroatoms. The Balaban J connectivity index is 0.000000347. The molecule has 9 nitrogen and oxygen atoms in total. The van der Waals surface area contributed by atoms with E-state index in [0.29, 0.717) is 18.1 Å².